The number of para-hydroxylation sites is 2. The molecule has 7 rings (SSSR count). The SMILES string of the molecule is c1cc(Oc2cccc(-n3cnc4ccccc43)c2)cc(C2=N[C@@H]3c4ccccc4C[C@@H]3O2)c1. The summed E-state index contributed by atoms with van der Waals surface area (Å²) in [7, 11) is 0. The first kappa shape index (κ1) is 19.1. The van der Waals surface area contributed by atoms with Gasteiger partial charge >= 0.3 is 0 Å². The molecule has 5 heteroatoms. The van der Waals surface area contributed by atoms with Gasteiger partial charge in [-0.25, -0.2) is 9.98 Å². The Hall–Kier alpha value is -4.38. The zero-order valence-corrected chi connectivity index (χ0v) is 18.3. The second kappa shape index (κ2) is 7.59. The monoisotopic (exact) mass is 443 g/mol. The Balaban J connectivity index is 1.16. The average Bonchev–Trinajstić information content (AvgIpc) is 3.57. The number of ether oxygens (including phenoxy) is 2. The molecule has 164 valence electrons. The lowest BCUT2D eigenvalue weighted by molar-refractivity contribution is 0.206. The van der Waals surface area contributed by atoms with Crippen LogP contribution in [0, 0.1) is 0 Å². The number of aliphatic imine (C=N–C) groups is 1. The van der Waals surface area contributed by atoms with Crippen LogP contribution in [0.4, 0.5) is 0 Å². The standard InChI is InChI=1S/C29H21N3O2/c1-2-12-24-19(7-1)16-27-28(24)31-29(34-27)20-8-5-10-22(15-20)33-23-11-6-9-21(17-23)32-18-30-25-13-3-4-14-26(25)32/h1-15,17-18,27-28H,16H2/t27-,28+/m0/s1. The maximum absolute atomic E-state index is 6.25. The molecule has 1 aliphatic heterocycles. The van der Waals surface area contributed by atoms with Crippen LogP contribution >= 0.6 is 0 Å². The Morgan fingerprint density at radius 3 is 2.62 bits per heavy atom. The van der Waals surface area contributed by atoms with E-state index >= 15 is 0 Å². The van der Waals surface area contributed by atoms with Gasteiger partial charge in [0.2, 0.25) is 5.90 Å². The van der Waals surface area contributed by atoms with E-state index in [4.69, 9.17) is 14.5 Å². The van der Waals surface area contributed by atoms with E-state index in [1.54, 1.807) is 0 Å². The summed E-state index contributed by atoms with van der Waals surface area (Å²) in [6.07, 6.45) is 2.83. The van der Waals surface area contributed by atoms with E-state index in [1.807, 2.05) is 67.0 Å². The number of hydrogen-bond donors (Lipinski definition) is 0. The van der Waals surface area contributed by atoms with Crippen LogP contribution in [0.25, 0.3) is 16.7 Å². The Morgan fingerprint density at radius 1 is 0.824 bits per heavy atom. The minimum atomic E-state index is 0.0810. The Bertz CT molecular complexity index is 1570. The van der Waals surface area contributed by atoms with Crippen molar-refractivity contribution < 1.29 is 9.47 Å². The van der Waals surface area contributed by atoms with E-state index in [9.17, 15) is 0 Å². The summed E-state index contributed by atoms with van der Waals surface area (Å²) in [4.78, 5) is 9.41. The molecule has 0 N–H and O–H groups in total. The molecule has 0 saturated heterocycles. The number of rotatable bonds is 4. The molecule has 4 aromatic carbocycles. The molecule has 5 nitrogen and oxygen atoms in total. The van der Waals surface area contributed by atoms with Gasteiger partial charge in [0.1, 0.15) is 30.0 Å². The summed E-state index contributed by atoms with van der Waals surface area (Å²) in [5, 5.41) is 0. The highest BCUT2D eigenvalue weighted by molar-refractivity contribution is 5.96. The maximum Gasteiger partial charge on any atom is 0.217 e. The van der Waals surface area contributed by atoms with Crippen LogP contribution in [-0.4, -0.2) is 21.6 Å². The molecule has 34 heavy (non-hydrogen) atoms. The second-order valence-electron chi connectivity index (χ2n) is 8.67. The molecule has 5 aromatic rings. The lowest BCUT2D eigenvalue weighted by Crippen LogP contribution is -2.13. The number of imidazole rings is 1. The van der Waals surface area contributed by atoms with Gasteiger partial charge < -0.3 is 9.47 Å². The molecule has 0 fully saturated rings. The summed E-state index contributed by atoms with van der Waals surface area (Å²) in [5.41, 5.74) is 6.57. The van der Waals surface area contributed by atoms with Crippen molar-refractivity contribution in [2.75, 3.05) is 0 Å². The normalized spacial score (nSPS) is 18.3. The Morgan fingerprint density at radius 2 is 1.65 bits per heavy atom. The van der Waals surface area contributed by atoms with Crippen molar-refractivity contribution in [2.45, 2.75) is 18.6 Å². The van der Waals surface area contributed by atoms with E-state index in [2.05, 4.69) is 45.9 Å². The molecular weight excluding hydrogens is 422 g/mol. The van der Waals surface area contributed by atoms with Gasteiger partial charge in [0.25, 0.3) is 0 Å². The largest absolute Gasteiger partial charge is 0.471 e. The number of benzene rings is 4. The lowest BCUT2D eigenvalue weighted by Gasteiger charge is -2.11. The third-order valence-electron chi connectivity index (χ3n) is 6.53. The van der Waals surface area contributed by atoms with Crippen LogP contribution in [0.1, 0.15) is 22.7 Å². The van der Waals surface area contributed by atoms with Crippen LogP contribution in [0.5, 0.6) is 11.5 Å². The maximum atomic E-state index is 6.25. The average molecular weight is 444 g/mol. The van der Waals surface area contributed by atoms with Crippen molar-refractivity contribution in [1.82, 2.24) is 9.55 Å². The van der Waals surface area contributed by atoms with Gasteiger partial charge in [0.05, 0.1) is 16.7 Å². The van der Waals surface area contributed by atoms with Gasteiger partial charge in [-0.05, 0) is 53.6 Å². The van der Waals surface area contributed by atoms with Gasteiger partial charge in [0, 0.05) is 18.1 Å². The van der Waals surface area contributed by atoms with E-state index < -0.39 is 0 Å². The highest BCUT2D eigenvalue weighted by atomic mass is 16.5. The molecule has 0 spiro atoms. The predicted molar refractivity (Wildman–Crippen MR) is 132 cm³/mol. The third-order valence-corrected chi connectivity index (χ3v) is 6.53. The van der Waals surface area contributed by atoms with E-state index in [-0.39, 0.29) is 12.1 Å². The molecule has 0 bridgehead atoms. The highest BCUT2D eigenvalue weighted by Crippen LogP contribution is 2.41. The van der Waals surface area contributed by atoms with Crippen LogP contribution < -0.4 is 4.74 Å². The summed E-state index contributed by atoms with van der Waals surface area (Å²) in [6, 6.07) is 32.6. The molecule has 2 atom stereocenters. The Labute approximate surface area is 196 Å². The summed E-state index contributed by atoms with van der Waals surface area (Å²) in [5.74, 6) is 2.19. The summed E-state index contributed by atoms with van der Waals surface area (Å²) >= 11 is 0. The molecule has 0 unspecified atom stereocenters. The number of nitrogens with zero attached hydrogens (tertiary/aromatic N) is 3. The molecule has 1 aromatic heterocycles. The number of hydrogen-bond acceptors (Lipinski definition) is 4. The molecule has 2 heterocycles. The second-order valence-corrected chi connectivity index (χ2v) is 8.67. The molecule has 2 aliphatic rings. The van der Waals surface area contributed by atoms with Gasteiger partial charge in [-0.15, -0.1) is 0 Å². The first-order chi connectivity index (χ1) is 16.8. The van der Waals surface area contributed by atoms with Crippen LogP contribution in [0.2, 0.25) is 0 Å². The Kier molecular flexibility index (Phi) is 4.27. The van der Waals surface area contributed by atoms with Gasteiger partial charge in [-0.3, -0.25) is 4.57 Å². The molecule has 0 radical (unpaired) electrons. The minimum Gasteiger partial charge on any atom is -0.471 e. The minimum absolute atomic E-state index is 0.0810. The van der Waals surface area contributed by atoms with Crippen molar-refractivity contribution in [3.8, 4) is 17.2 Å². The van der Waals surface area contributed by atoms with Crippen molar-refractivity contribution in [3.05, 3.63) is 120 Å². The summed E-state index contributed by atoms with van der Waals surface area (Å²) < 4.78 is 14.6. The van der Waals surface area contributed by atoms with Crippen LogP contribution in [-0.2, 0) is 11.2 Å². The van der Waals surface area contributed by atoms with E-state index in [1.165, 1.54) is 11.1 Å². The van der Waals surface area contributed by atoms with Gasteiger partial charge in [-0.1, -0.05) is 48.5 Å². The quantitative estimate of drug-likeness (QED) is 0.329. The molecule has 1 aliphatic carbocycles. The van der Waals surface area contributed by atoms with Gasteiger partial charge in [-0.2, -0.15) is 0 Å². The topological polar surface area (TPSA) is 48.6 Å². The summed E-state index contributed by atoms with van der Waals surface area (Å²) in [6.45, 7) is 0. The molecule has 0 amide bonds. The van der Waals surface area contributed by atoms with E-state index in [0.717, 1.165) is 40.2 Å². The van der Waals surface area contributed by atoms with Crippen LogP contribution in [0.3, 0.4) is 0 Å². The van der Waals surface area contributed by atoms with Gasteiger partial charge in [0.15, 0.2) is 0 Å². The first-order valence-electron chi connectivity index (χ1n) is 11.4. The van der Waals surface area contributed by atoms with E-state index in [0.29, 0.717) is 5.90 Å². The zero-order chi connectivity index (χ0) is 22.5. The third kappa shape index (κ3) is 3.17. The van der Waals surface area contributed by atoms with Crippen molar-refractivity contribution in [3.63, 3.8) is 0 Å². The fourth-order valence-electron chi connectivity index (χ4n) is 4.93. The van der Waals surface area contributed by atoms with Crippen molar-refractivity contribution in [2.24, 2.45) is 4.99 Å². The lowest BCUT2D eigenvalue weighted by atomic mass is 10.1. The molecule has 0 saturated carbocycles. The fourth-order valence-corrected chi connectivity index (χ4v) is 4.93. The predicted octanol–water partition coefficient (Wildman–Crippen LogP) is 6.26. The first-order valence-corrected chi connectivity index (χ1v) is 11.4. The smallest absolute Gasteiger partial charge is 0.217 e. The number of aromatic nitrogens is 2. The number of fused-ring (bicyclic) bond motifs is 4. The van der Waals surface area contributed by atoms with Crippen molar-refractivity contribution in [1.29, 1.82) is 0 Å². The molecular formula is C29H21N3O2. The van der Waals surface area contributed by atoms with Crippen molar-refractivity contribution >= 4 is 16.9 Å². The van der Waals surface area contributed by atoms with Crippen LogP contribution in [0.15, 0.2) is 108 Å². The highest BCUT2D eigenvalue weighted by Gasteiger charge is 2.39. The zero-order valence-electron chi connectivity index (χ0n) is 18.3. The fraction of sp³-hybridized carbons (Fsp3) is 0.103.